The van der Waals surface area contributed by atoms with Gasteiger partial charge in [-0.2, -0.15) is 0 Å². The van der Waals surface area contributed by atoms with Gasteiger partial charge in [0.25, 0.3) is 0 Å². The molecule has 0 bridgehead atoms. The van der Waals surface area contributed by atoms with E-state index in [0.29, 0.717) is 12.0 Å². The SMILES string of the molecule is CCC(CCO)CNC1CC(O)C1(C)C. The predicted octanol–water partition coefficient (Wildman–Crippen LogP) is 1.14. The zero-order valence-corrected chi connectivity index (χ0v) is 10.2. The van der Waals surface area contributed by atoms with Gasteiger partial charge in [-0.1, -0.05) is 27.2 Å². The van der Waals surface area contributed by atoms with Crippen molar-refractivity contribution in [2.75, 3.05) is 13.2 Å². The van der Waals surface area contributed by atoms with E-state index in [1.807, 2.05) is 0 Å². The number of hydrogen-bond donors (Lipinski definition) is 3. The molecule has 15 heavy (non-hydrogen) atoms. The Kier molecular flexibility index (Phi) is 4.56. The van der Waals surface area contributed by atoms with E-state index in [9.17, 15) is 5.11 Å². The summed E-state index contributed by atoms with van der Waals surface area (Å²) < 4.78 is 0. The number of hydrogen-bond acceptors (Lipinski definition) is 3. The normalized spacial score (nSPS) is 31.0. The van der Waals surface area contributed by atoms with E-state index in [0.717, 1.165) is 25.8 Å². The van der Waals surface area contributed by atoms with Crippen LogP contribution in [-0.2, 0) is 0 Å². The van der Waals surface area contributed by atoms with Crippen molar-refractivity contribution in [3.8, 4) is 0 Å². The van der Waals surface area contributed by atoms with Crippen LogP contribution in [-0.4, -0.2) is 35.5 Å². The van der Waals surface area contributed by atoms with Crippen LogP contribution in [0.2, 0.25) is 0 Å². The van der Waals surface area contributed by atoms with Gasteiger partial charge in [0.05, 0.1) is 6.10 Å². The summed E-state index contributed by atoms with van der Waals surface area (Å²) in [5.74, 6) is 0.559. The van der Waals surface area contributed by atoms with Gasteiger partial charge < -0.3 is 15.5 Å². The molecule has 3 atom stereocenters. The molecule has 3 N–H and O–H groups in total. The number of rotatable bonds is 6. The molecule has 0 saturated heterocycles. The maximum atomic E-state index is 9.59. The lowest BCUT2D eigenvalue weighted by atomic mass is 9.64. The van der Waals surface area contributed by atoms with Crippen molar-refractivity contribution < 1.29 is 10.2 Å². The third kappa shape index (κ3) is 2.92. The molecule has 3 heteroatoms. The molecule has 1 aliphatic carbocycles. The van der Waals surface area contributed by atoms with Crippen molar-refractivity contribution in [2.45, 2.75) is 52.2 Å². The summed E-state index contributed by atoms with van der Waals surface area (Å²) in [4.78, 5) is 0. The highest BCUT2D eigenvalue weighted by molar-refractivity contribution is 5.01. The highest BCUT2D eigenvalue weighted by Crippen LogP contribution is 2.40. The molecule has 0 spiro atoms. The van der Waals surface area contributed by atoms with Crippen molar-refractivity contribution in [1.29, 1.82) is 0 Å². The standard InChI is InChI=1S/C12H25NO2/c1-4-9(5-6-14)8-13-10-7-11(15)12(10,2)3/h9-11,13-15H,4-8H2,1-3H3. The second-order valence-electron chi connectivity index (χ2n) is 5.32. The third-order valence-electron chi connectivity index (χ3n) is 3.98. The highest BCUT2D eigenvalue weighted by Gasteiger charge is 2.46. The average Bonchev–Trinajstić information content (AvgIpc) is 2.22. The average molecular weight is 215 g/mol. The van der Waals surface area contributed by atoms with E-state index in [4.69, 9.17) is 5.11 Å². The van der Waals surface area contributed by atoms with E-state index >= 15 is 0 Å². The van der Waals surface area contributed by atoms with Crippen molar-refractivity contribution >= 4 is 0 Å². The van der Waals surface area contributed by atoms with Crippen LogP contribution in [0.3, 0.4) is 0 Å². The maximum Gasteiger partial charge on any atom is 0.0621 e. The monoisotopic (exact) mass is 215 g/mol. The fourth-order valence-electron chi connectivity index (χ4n) is 2.19. The summed E-state index contributed by atoms with van der Waals surface area (Å²) in [7, 11) is 0. The van der Waals surface area contributed by atoms with E-state index in [2.05, 4.69) is 26.1 Å². The Morgan fingerprint density at radius 3 is 2.53 bits per heavy atom. The Morgan fingerprint density at radius 2 is 2.13 bits per heavy atom. The zero-order chi connectivity index (χ0) is 11.5. The summed E-state index contributed by atoms with van der Waals surface area (Å²) in [5, 5.41) is 22.0. The minimum Gasteiger partial charge on any atom is -0.396 e. The molecular weight excluding hydrogens is 190 g/mol. The molecule has 0 aliphatic heterocycles. The summed E-state index contributed by atoms with van der Waals surface area (Å²) in [6.07, 6.45) is 2.68. The molecule has 0 aromatic rings. The summed E-state index contributed by atoms with van der Waals surface area (Å²) >= 11 is 0. The molecule has 90 valence electrons. The smallest absolute Gasteiger partial charge is 0.0621 e. The first kappa shape index (κ1) is 12.9. The summed E-state index contributed by atoms with van der Waals surface area (Å²) in [5.41, 5.74) is 0.0114. The van der Waals surface area contributed by atoms with E-state index in [1.165, 1.54) is 0 Å². The molecule has 0 heterocycles. The molecule has 1 aliphatic rings. The Morgan fingerprint density at radius 1 is 1.47 bits per heavy atom. The molecule has 3 nitrogen and oxygen atoms in total. The van der Waals surface area contributed by atoms with Crippen molar-refractivity contribution in [2.24, 2.45) is 11.3 Å². The predicted molar refractivity (Wildman–Crippen MR) is 61.7 cm³/mol. The first-order valence-electron chi connectivity index (χ1n) is 6.04. The fourth-order valence-corrected chi connectivity index (χ4v) is 2.19. The van der Waals surface area contributed by atoms with Crippen LogP contribution in [0.4, 0.5) is 0 Å². The largest absolute Gasteiger partial charge is 0.396 e. The van der Waals surface area contributed by atoms with Crippen LogP contribution in [0.15, 0.2) is 0 Å². The van der Waals surface area contributed by atoms with E-state index < -0.39 is 0 Å². The second kappa shape index (κ2) is 5.28. The molecule has 0 aromatic carbocycles. The molecule has 0 amide bonds. The van der Waals surface area contributed by atoms with Crippen LogP contribution in [0.25, 0.3) is 0 Å². The van der Waals surface area contributed by atoms with Crippen LogP contribution in [0.1, 0.15) is 40.0 Å². The summed E-state index contributed by atoms with van der Waals surface area (Å²) in [6, 6.07) is 0.431. The topological polar surface area (TPSA) is 52.5 Å². The van der Waals surface area contributed by atoms with Crippen LogP contribution < -0.4 is 5.32 Å². The highest BCUT2D eigenvalue weighted by atomic mass is 16.3. The van der Waals surface area contributed by atoms with E-state index in [1.54, 1.807) is 0 Å². The van der Waals surface area contributed by atoms with E-state index in [-0.39, 0.29) is 18.1 Å². The van der Waals surface area contributed by atoms with Gasteiger partial charge in [0.2, 0.25) is 0 Å². The van der Waals surface area contributed by atoms with Crippen molar-refractivity contribution in [3.63, 3.8) is 0 Å². The number of nitrogens with one attached hydrogen (secondary N) is 1. The van der Waals surface area contributed by atoms with Gasteiger partial charge in [-0.25, -0.2) is 0 Å². The molecule has 0 aromatic heterocycles. The zero-order valence-electron chi connectivity index (χ0n) is 10.2. The fraction of sp³-hybridized carbons (Fsp3) is 1.00. The Labute approximate surface area is 92.9 Å². The van der Waals surface area contributed by atoms with Gasteiger partial charge in [0, 0.05) is 18.1 Å². The quantitative estimate of drug-likeness (QED) is 0.623. The van der Waals surface area contributed by atoms with Gasteiger partial charge in [0.15, 0.2) is 0 Å². The van der Waals surface area contributed by atoms with Gasteiger partial charge in [-0.3, -0.25) is 0 Å². The van der Waals surface area contributed by atoms with Crippen molar-refractivity contribution in [3.05, 3.63) is 0 Å². The second-order valence-corrected chi connectivity index (χ2v) is 5.32. The van der Waals surface area contributed by atoms with Gasteiger partial charge in [0.1, 0.15) is 0 Å². The van der Waals surface area contributed by atoms with Crippen molar-refractivity contribution in [1.82, 2.24) is 5.32 Å². The van der Waals surface area contributed by atoms with Crippen LogP contribution >= 0.6 is 0 Å². The lowest BCUT2D eigenvalue weighted by molar-refractivity contribution is -0.0734. The molecule has 1 rings (SSSR count). The maximum absolute atomic E-state index is 9.59. The first-order valence-corrected chi connectivity index (χ1v) is 6.04. The molecule has 0 radical (unpaired) electrons. The number of aliphatic hydroxyl groups is 2. The Hall–Kier alpha value is -0.120. The lowest BCUT2D eigenvalue weighted by Crippen LogP contribution is -2.60. The van der Waals surface area contributed by atoms with Gasteiger partial charge in [-0.15, -0.1) is 0 Å². The molecule has 1 fully saturated rings. The Balaban J connectivity index is 2.25. The molecule has 1 saturated carbocycles. The van der Waals surface area contributed by atoms with Crippen LogP contribution in [0.5, 0.6) is 0 Å². The van der Waals surface area contributed by atoms with Gasteiger partial charge >= 0.3 is 0 Å². The lowest BCUT2D eigenvalue weighted by Gasteiger charge is -2.50. The van der Waals surface area contributed by atoms with Gasteiger partial charge in [-0.05, 0) is 25.3 Å². The minimum atomic E-state index is -0.159. The molecule has 3 unspecified atom stereocenters. The third-order valence-corrected chi connectivity index (χ3v) is 3.98. The molecular formula is C12H25NO2. The summed E-state index contributed by atoms with van der Waals surface area (Å²) in [6.45, 7) is 7.59. The Bertz CT molecular complexity index is 194. The van der Waals surface area contributed by atoms with Crippen LogP contribution in [0, 0.1) is 11.3 Å². The number of aliphatic hydroxyl groups excluding tert-OH is 2. The first-order chi connectivity index (χ1) is 7.02. The minimum absolute atomic E-state index is 0.0114.